The Morgan fingerprint density at radius 3 is 2.36 bits per heavy atom. The molecule has 1 aliphatic carbocycles. The molecule has 1 atom stereocenters. The summed E-state index contributed by atoms with van der Waals surface area (Å²) < 4.78 is 35.2. The van der Waals surface area contributed by atoms with Crippen LogP contribution in [0.25, 0.3) is 0 Å². The molecule has 0 spiro atoms. The fourth-order valence-electron chi connectivity index (χ4n) is 5.14. The lowest BCUT2D eigenvalue weighted by atomic mass is 10.1. The summed E-state index contributed by atoms with van der Waals surface area (Å²) in [5.74, 6) is -0.584. The number of para-hydroxylation sites is 2. The second kappa shape index (κ2) is 15.4. The van der Waals surface area contributed by atoms with Crippen molar-refractivity contribution in [2.24, 2.45) is 0 Å². The molecular formula is C32H37Cl2N3O5S2. The number of nitrogens with one attached hydrogen (secondary N) is 1. The number of rotatable bonds is 13. The van der Waals surface area contributed by atoms with Crippen molar-refractivity contribution in [3.63, 3.8) is 0 Å². The molecule has 2 amide bonds. The Bertz CT molecular complexity index is 1560. The lowest BCUT2D eigenvalue weighted by Gasteiger charge is -2.33. The summed E-state index contributed by atoms with van der Waals surface area (Å²) >= 11 is 14.1. The van der Waals surface area contributed by atoms with Crippen molar-refractivity contribution in [1.82, 2.24) is 10.2 Å². The highest BCUT2D eigenvalue weighted by molar-refractivity contribution is 7.98. The first-order valence-electron chi connectivity index (χ1n) is 14.5. The summed E-state index contributed by atoms with van der Waals surface area (Å²) in [6.45, 7) is 3.12. The van der Waals surface area contributed by atoms with Gasteiger partial charge in [0.25, 0.3) is 10.0 Å². The third-order valence-corrected chi connectivity index (χ3v) is 10.7. The van der Waals surface area contributed by atoms with Gasteiger partial charge in [0.15, 0.2) is 0 Å². The van der Waals surface area contributed by atoms with E-state index in [1.165, 1.54) is 28.8 Å². The topological polar surface area (TPSA) is 96.0 Å². The van der Waals surface area contributed by atoms with E-state index in [0.717, 1.165) is 34.9 Å². The van der Waals surface area contributed by atoms with E-state index < -0.39 is 28.5 Å². The molecule has 0 aliphatic heterocycles. The molecule has 0 bridgehead atoms. The number of halogens is 2. The Hall–Kier alpha value is -2.92. The summed E-state index contributed by atoms with van der Waals surface area (Å²) in [6, 6.07) is 17.2. The molecule has 4 rings (SSSR count). The largest absolute Gasteiger partial charge is 0.492 e. The molecule has 8 nitrogen and oxygen atoms in total. The van der Waals surface area contributed by atoms with Gasteiger partial charge in [-0.05, 0) is 87.0 Å². The van der Waals surface area contributed by atoms with Crippen LogP contribution in [0.3, 0.4) is 0 Å². The molecule has 236 valence electrons. The second-order valence-electron chi connectivity index (χ2n) is 10.5. The summed E-state index contributed by atoms with van der Waals surface area (Å²) in [5, 5.41) is 3.82. The minimum atomic E-state index is -4.25. The number of anilines is 1. The van der Waals surface area contributed by atoms with Crippen molar-refractivity contribution in [2.75, 3.05) is 23.7 Å². The molecule has 0 saturated heterocycles. The molecule has 0 heterocycles. The van der Waals surface area contributed by atoms with Gasteiger partial charge in [0.05, 0.1) is 17.2 Å². The van der Waals surface area contributed by atoms with Crippen molar-refractivity contribution in [2.45, 2.75) is 68.0 Å². The van der Waals surface area contributed by atoms with E-state index in [1.54, 1.807) is 68.4 Å². The zero-order valence-electron chi connectivity index (χ0n) is 25.0. The Morgan fingerprint density at radius 1 is 1.05 bits per heavy atom. The maximum Gasteiger partial charge on any atom is 0.264 e. The SMILES string of the molecule is CCOc1ccccc1N(CC(=O)N(Cc1ccc(Cl)cc1Cl)C(C)C(=O)NC1CCCC1)S(=O)(=O)c1ccc(SC)cc1. The predicted molar refractivity (Wildman–Crippen MR) is 177 cm³/mol. The minimum absolute atomic E-state index is 0.0220. The van der Waals surface area contributed by atoms with Crippen LogP contribution >= 0.6 is 35.0 Å². The van der Waals surface area contributed by atoms with Gasteiger partial charge >= 0.3 is 0 Å². The molecule has 0 aromatic heterocycles. The zero-order valence-corrected chi connectivity index (χ0v) is 28.1. The van der Waals surface area contributed by atoms with E-state index in [4.69, 9.17) is 27.9 Å². The summed E-state index contributed by atoms with van der Waals surface area (Å²) in [5.41, 5.74) is 0.783. The van der Waals surface area contributed by atoms with Gasteiger partial charge in [0.1, 0.15) is 18.3 Å². The normalized spacial score (nSPS) is 14.2. The quantitative estimate of drug-likeness (QED) is 0.200. The lowest BCUT2D eigenvalue weighted by Crippen LogP contribution is -2.52. The van der Waals surface area contributed by atoms with E-state index in [-0.39, 0.29) is 29.1 Å². The summed E-state index contributed by atoms with van der Waals surface area (Å²) in [4.78, 5) is 30.0. The first kappa shape index (κ1) is 34.0. The fourth-order valence-corrected chi connectivity index (χ4v) is 7.44. The van der Waals surface area contributed by atoms with Crippen molar-refractivity contribution >= 4 is 62.5 Å². The van der Waals surface area contributed by atoms with Gasteiger partial charge in [-0.3, -0.25) is 13.9 Å². The smallest absolute Gasteiger partial charge is 0.264 e. The third kappa shape index (κ3) is 8.21. The maximum absolute atomic E-state index is 14.3. The Balaban J connectivity index is 1.74. The van der Waals surface area contributed by atoms with Crippen molar-refractivity contribution < 1.29 is 22.7 Å². The van der Waals surface area contributed by atoms with Crippen LogP contribution in [-0.2, 0) is 26.2 Å². The average molecular weight is 679 g/mol. The van der Waals surface area contributed by atoms with Crippen molar-refractivity contribution in [3.05, 3.63) is 82.3 Å². The number of carbonyl (C=O) groups is 2. The molecule has 1 N–H and O–H groups in total. The van der Waals surface area contributed by atoms with Gasteiger partial charge in [-0.2, -0.15) is 0 Å². The number of ether oxygens (including phenoxy) is 1. The van der Waals surface area contributed by atoms with Gasteiger partial charge in [-0.1, -0.05) is 54.2 Å². The Kier molecular flexibility index (Phi) is 11.9. The lowest BCUT2D eigenvalue weighted by molar-refractivity contribution is -0.139. The molecule has 1 aliphatic rings. The van der Waals surface area contributed by atoms with Crippen LogP contribution in [0.15, 0.2) is 76.5 Å². The van der Waals surface area contributed by atoms with E-state index in [9.17, 15) is 18.0 Å². The Morgan fingerprint density at radius 2 is 1.73 bits per heavy atom. The highest BCUT2D eigenvalue weighted by Gasteiger charge is 2.34. The standard InChI is InChI=1S/C32H37Cl2N3O5S2/c1-4-42-30-12-8-7-11-29(30)37(44(40,41)27-17-15-26(43-3)16-18-27)21-31(38)36(20-23-13-14-24(33)19-28(23)34)22(2)32(39)35-25-9-5-6-10-25/h7-8,11-19,22,25H,4-6,9-10,20-21H2,1-3H3,(H,35,39). The summed E-state index contributed by atoms with van der Waals surface area (Å²) in [6.07, 6.45) is 5.73. The van der Waals surface area contributed by atoms with Crippen molar-refractivity contribution in [1.29, 1.82) is 0 Å². The number of amides is 2. The van der Waals surface area contributed by atoms with E-state index >= 15 is 0 Å². The molecule has 3 aromatic carbocycles. The molecule has 0 radical (unpaired) electrons. The Labute approximate surface area is 274 Å². The highest BCUT2D eigenvalue weighted by atomic mass is 35.5. The molecule has 12 heteroatoms. The van der Waals surface area contributed by atoms with Gasteiger partial charge < -0.3 is 15.0 Å². The predicted octanol–water partition coefficient (Wildman–Crippen LogP) is 6.79. The molecule has 3 aromatic rings. The number of hydrogen-bond acceptors (Lipinski definition) is 6. The van der Waals surface area contributed by atoms with Crippen LogP contribution in [0.2, 0.25) is 10.0 Å². The van der Waals surface area contributed by atoms with E-state index in [2.05, 4.69) is 5.32 Å². The van der Waals surface area contributed by atoms with Gasteiger partial charge in [-0.25, -0.2) is 8.42 Å². The number of benzene rings is 3. The zero-order chi connectivity index (χ0) is 31.9. The van der Waals surface area contributed by atoms with E-state index in [0.29, 0.717) is 28.0 Å². The average Bonchev–Trinajstić information content (AvgIpc) is 3.52. The number of hydrogen-bond donors (Lipinski definition) is 1. The highest BCUT2D eigenvalue weighted by Crippen LogP contribution is 2.33. The number of nitrogens with zero attached hydrogens (tertiary/aromatic N) is 2. The van der Waals surface area contributed by atoms with Gasteiger partial charge in [0.2, 0.25) is 11.8 Å². The first-order valence-corrected chi connectivity index (χ1v) is 17.9. The molecule has 1 unspecified atom stereocenters. The van der Waals surface area contributed by atoms with Crippen LogP contribution in [-0.4, -0.2) is 56.6 Å². The second-order valence-corrected chi connectivity index (χ2v) is 14.1. The molecule has 44 heavy (non-hydrogen) atoms. The van der Waals surface area contributed by atoms with Gasteiger partial charge in [0, 0.05) is 27.5 Å². The van der Waals surface area contributed by atoms with Crippen LogP contribution < -0.4 is 14.4 Å². The van der Waals surface area contributed by atoms with E-state index in [1.807, 2.05) is 6.26 Å². The number of thioether (sulfide) groups is 1. The number of sulfonamides is 1. The number of carbonyl (C=O) groups excluding carboxylic acids is 2. The maximum atomic E-state index is 14.3. The molecule has 1 fully saturated rings. The van der Waals surface area contributed by atoms with Crippen LogP contribution in [0, 0.1) is 0 Å². The minimum Gasteiger partial charge on any atom is -0.492 e. The van der Waals surface area contributed by atoms with Crippen LogP contribution in [0.1, 0.15) is 45.1 Å². The third-order valence-electron chi connectivity index (χ3n) is 7.58. The molecule has 1 saturated carbocycles. The molecular weight excluding hydrogens is 641 g/mol. The first-order chi connectivity index (χ1) is 21.0. The fraction of sp³-hybridized carbons (Fsp3) is 0.375. The van der Waals surface area contributed by atoms with Crippen molar-refractivity contribution in [3.8, 4) is 5.75 Å². The van der Waals surface area contributed by atoms with Crippen LogP contribution in [0.4, 0.5) is 5.69 Å². The summed E-state index contributed by atoms with van der Waals surface area (Å²) in [7, 11) is -4.25. The monoisotopic (exact) mass is 677 g/mol. The van der Waals surface area contributed by atoms with Crippen LogP contribution in [0.5, 0.6) is 5.75 Å². The van der Waals surface area contributed by atoms with Gasteiger partial charge in [-0.15, -0.1) is 11.8 Å².